The van der Waals surface area contributed by atoms with E-state index in [1.807, 2.05) is 6.20 Å². The number of hydrogen-bond acceptors (Lipinski definition) is 1. The first-order valence-electron chi connectivity index (χ1n) is 5.76. The highest BCUT2D eigenvalue weighted by Gasteiger charge is 2.07. The maximum Gasteiger partial charge on any atom is 0.0434 e. The maximum absolute atomic E-state index is 4.54. The Labute approximate surface area is 87.6 Å². The standard InChI is InChI=1S/C13H21N/c1-4-7-11-8-9-13(14-10-11)12(5-2)6-3/h8-10,12H,4-7H2,1-3H3. The third-order valence-corrected chi connectivity index (χ3v) is 2.79. The number of aryl methyl sites for hydroxylation is 1. The van der Waals surface area contributed by atoms with Crippen LogP contribution in [0.5, 0.6) is 0 Å². The first kappa shape index (κ1) is 11.2. The molecule has 0 saturated heterocycles. The van der Waals surface area contributed by atoms with Crippen LogP contribution in [0.25, 0.3) is 0 Å². The molecule has 1 heteroatoms. The van der Waals surface area contributed by atoms with Crippen molar-refractivity contribution >= 4 is 0 Å². The lowest BCUT2D eigenvalue weighted by Gasteiger charge is -2.11. The van der Waals surface area contributed by atoms with Crippen molar-refractivity contribution in [2.75, 3.05) is 0 Å². The highest BCUT2D eigenvalue weighted by atomic mass is 14.7. The Bertz CT molecular complexity index is 246. The average Bonchev–Trinajstić information content (AvgIpc) is 2.23. The molecule has 0 radical (unpaired) electrons. The summed E-state index contributed by atoms with van der Waals surface area (Å²) in [5.41, 5.74) is 2.62. The zero-order valence-corrected chi connectivity index (χ0v) is 9.59. The van der Waals surface area contributed by atoms with Crippen LogP contribution in [0.3, 0.4) is 0 Å². The summed E-state index contributed by atoms with van der Waals surface area (Å²) in [4.78, 5) is 4.54. The van der Waals surface area contributed by atoms with Crippen molar-refractivity contribution in [3.8, 4) is 0 Å². The van der Waals surface area contributed by atoms with Crippen molar-refractivity contribution in [1.29, 1.82) is 0 Å². The highest BCUT2D eigenvalue weighted by molar-refractivity contribution is 5.16. The summed E-state index contributed by atoms with van der Waals surface area (Å²) < 4.78 is 0. The van der Waals surface area contributed by atoms with Crippen LogP contribution in [0.4, 0.5) is 0 Å². The molecule has 0 spiro atoms. The van der Waals surface area contributed by atoms with Gasteiger partial charge in [0.2, 0.25) is 0 Å². The van der Waals surface area contributed by atoms with Crippen LogP contribution in [0.1, 0.15) is 57.2 Å². The van der Waals surface area contributed by atoms with E-state index >= 15 is 0 Å². The number of pyridine rings is 1. The van der Waals surface area contributed by atoms with Crippen LogP contribution in [-0.2, 0) is 6.42 Å². The summed E-state index contributed by atoms with van der Waals surface area (Å²) >= 11 is 0. The maximum atomic E-state index is 4.54. The van der Waals surface area contributed by atoms with Gasteiger partial charge in [-0.1, -0.05) is 33.3 Å². The lowest BCUT2D eigenvalue weighted by Crippen LogP contribution is -1.99. The fraction of sp³-hybridized carbons (Fsp3) is 0.615. The molecular formula is C13H21N. The monoisotopic (exact) mass is 191 g/mol. The smallest absolute Gasteiger partial charge is 0.0434 e. The van der Waals surface area contributed by atoms with Gasteiger partial charge in [-0.25, -0.2) is 0 Å². The summed E-state index contributed by atoms with van der Waals surface area (Å²) in [7, 11) is 0. The Hall–Kier alpha value is -0.850. The molecule has 1 aromatic rings. The van der Waals surface area contributed by atoms with Crippen molar-refractivity contribution in [3.05, 3.63) is 29.6 Å². The third-order valence-electron chi connectivity index (χ3n) is 2.79. The molecule has 0 aromatic carbocycles. The van der Waals surface area contributed by atoms with E-state index in [1.54, 1.807) is 0 Å². The average molecular weight is 191 g/mol. The van der Waals surface area contributed by atoms with Crippen molar-refractivity contribution < 1.29 is 0 Å². The number of nitrogens with zero attached hydrogens (tertiary/aromatic N) is 1. The Morgan fingerprint density at radius 2 is 1.86 bits per heavy atom. The molecule has 0 unspecified atom stereocenters. The summed E-state index contributed by atoms with van der Waals surface area (Å²) in [6.45, 7) is 6.67. The van der Waals surface area contributed by atoms with E-state index in [0.29, 0.717) is 5.92 Å². The minimum Gasteiger partial charge on any atom is -0.261 e. The van der Waals surface area contributed by atoms with Gasteiger partial charge in [-0.3, -0.25) is 4.98 Å². The molecule has 0 bridgehead atoms. The summed E-state index contributed by atoms with van der Waals surface area (Å²) in [6, 6.07) is 4.42. The largest absolute Gasteiger partial charge is 0.261 e. The SMILES string of the molecule is CCCc1ccc(C(CC)CC)nc1. The van der Waals surface area contributed by atoms with Gasteiger partial charge < -0.3 is 0 Å². The van der Waals surface area contributed by atoms with E-state index in [4.69, 9.17) is 0 Å². The van der Waals surface area contributed by atoms with Gasteiger partial charge in [-0.15, -0.1) is 0 Å². The lowest BCUT2D eigenvalue weighted by molar-refractivity contribution is 0.622. The predicted octanol–water partition coefficient (Wildman–Crippen LogP) is 3.94. The third kappa shape index (κ3) is 2.83. The van der Waals surface area contributed by atoms with Crippen LogP contribution in [0.2, 0.25) is 0 Å². The first-order valence-corrected chi connectivity index (χ1v) is 5.76. The molecule has 0 aliphatic heterocycles. The molecule has 0 N–H and O–H groups in total. The van der Waals surface area contributed by atoms with Gasteiger partial charge in [-0.2, -0.15) is 0 Å². The lowest BCUT2D eigenvalue weighted by atomic mass is 9.98. The summed E-state index contributed by atoms with van der Waals surface area (Å²) in [5.74, 6) is 0.644. The number of aromatic nitrogens is 1. The van der Waals surface area contributed by atoms with Crippen molar-refractivity contribution in [2.45, 2.75) is 52.4 Å². The normalized spacial score (nSPS) is 10.9. The van der Waals surface area contributed by atoms with E-state index < -0.39 is 0 Å². The molecule has 0 fully saturated rings. The second-order valence-corrected chi connectivity index (χ2v) is 3.85. The molecule has 0 atom stereocenters. The zero-order chi connectivity index (χ0) is 10.4. The molecule has 14 heavy (non-hydrogen) atoms. The minimum absolute atomic E-state index is 0.644. The van der Waals surface area contributed by atoms with E-state index in [-0.39, 0.29) is 0 Å². The van der Waals surface area contributed by atoms with Gasteiger partial charge in [-0.05, 0) is 30.9 Å². The Morgan fingerprint density at radius 3 is 2.29 bits per heavy atom. The van der Waals surface area contributed by atoms with Crippen LogP contribution in [0, 0.1) is 0 Å². The van der Waals surface area contributed by atoms with E-state index in [9.17, 15) is 0 Å². The number of rotatable bonds is 5. The van der Waals surface area contributed by atoms with Crippen LogP contribution in [-0.4, -0.2) is 4.98 Å². The van der Waals surface area contributed by atoms with Gasteiger partial charge in [0.25, 0.3) is 0 Å². The Balaban J connectivity index is 2.71. The Kier molecular flexibility index (Phi) is 4.64. The van der Waals surface area contributed by atoms with Gasteiger partial charge in [0.15, 0.2) is 0 Å². The Morgan fingerprint density at radius 1 is 1.14 bits per heavy atom. The van der Waals surface area contributed by atoms with Crippen molar-refractivity contribution in [2.24, 2.45) is 0 Å². The first-order chi connectivity index (χ1) is 6.81. The zero-order valence-electron chi connectivity index (χ0n) is 9.59. The summed E-state index contributed by atoms with van der Waals surface area (Å²) in [5, 5.41) is 0. The van der Waals surface area contributed by atoms with Crippen LogP contribution < -0.4 is 0 Å². The molecule has 1 nitrogen and oxygen atoms in total. The van der Waals surface area contributed by atoms with Crippen LogP contribution in [0.15, 0.2) is 18.3 Å². The topological polar surface area (TPSA) is 12.9 Å². The quantitative estimate of drug-likeness (QED) is 0.687. The molecule has 0 saturated carbocycles. The molecule has 0 aliphatic rings. The fourth-order valence-electron chi connectivity index (χ4n) is 1.82. The molecule has 1 rings (SSSR count). The molecular weight excluding hydrogens is 170 g/mol. The number of hydrogen-bond donors (Lipinski definition) is 0. The van der Waals surface area contributed by atoms with Gasteiger partial charge in [0.05, 0.1) is 0 Å². The van der Waals surface area contributed by atoms with Gasteiger partial charge >= 0.3 is 0 Å². The minimum atomic E-state index is 0.644. The highest BCUT2D eigenvalue weighted by Crippen LogP contribution is 2.20. The molecule has 0 aliphatic carbocycles. The fourth-order valence-corrected chi connectivity index (χ4v) is 1.82. The van der Waals surface area contributed by atoms with Crippen LogP contribution >= 0.6 is 0 Å². The predicted molar refractivity (Wildman–Crippen MR) is 61.6 cm³/mol. The van der Waals surface area contributed by atoms with E-state index in [0.717, 1.165) is 6.42 Å². The molecule has 1 aromatic heterocycles. The van der Waals surface area contributed by atoms with Crippen molar-refractivity contribution in [3.63, 3.8) is 0 Å². The second kappa shape index (κ2) is 5.79. The molecule has 0 amide bonds. The van der Waals surface area contributed by atoms with E-state index in [2.05, 4.69) is 37.9 Å². The molecule has 78 valence electrons. The second-order valence-electron chi connectivity index (χ2n) is 3.85. The summed E-state index contributed by atoms with van der Waals surface area (Å²) in [6.07, 6.45) is 6.77. The van der Waals surface area contributed by atoms with Crippen molar-refractivity contribution in [1.82, 2.24) is 4.98 Å². The van der Waals surface area contributed by atoms with Gasteiger partial charge in [0.1, 0.15) is 0 Å². The molecule has 1 heterocycles. The van der Waals surface area contributed by atoms with E-state index in [1.165, 1.54) is 30.5 Å². The van der Waals surface area contributed by atoms with Gasteiger partial charge in [0, 0.05) is 17.8 Å².